The normalized spacial score (nSPS) is 10.8. The molecular weight excluding hydrogens is 448 g/mol. The molecule has 0 fully saturated rings. The van der Waals surface area contributed by atoms with E-state index >= 15 is 0 Å². The van der Waals surface area contributed by atoms with Gasteiger partial charge in [-0.05, 0) is 57.0 Å². The van der Waals surface area contributed by atoms with Crippen LogP contribution in [0.3, 0.4) is 0 Å². The van der Waals surface area contributed by atoms with Gasteiger partial charge in [-0.3, -0.25) is 4.79 Å². The number of nitrogens with zero attached hydrogens (tertiary/aromatic N) is 3. The molecule has 0 bridgehead atoms. The Morgan fingerprint density at radius 1 is 1.12 bits per heavy atom. The number of anilines is 1. The fourth-order valence-corrected chi connectivity index (χ4v) is 4.91. The van der Waals surface area contributed by atoms with E-state index in [2.05, 4.69) is 21.6 Å². The highest BCUT2D eigenvalue weighted by Gasteiger charge is 2.19. The Labute approximate surface area is 195 Å². The van der Waals surface area contributed by atoms with Crippen molar-refractivity contribution in [3.63, 3.8) is 0 Å². The summed E-state index contributed by atoms with van der Waals surface area (Å²) in [5.41, 5.74) is 2.63. The molecule has 0 spiro atoms. The van der Waals surface area contributed by atoms with E-state index in [0.29, 0.717) is 28.1 Å². The van der Waals surface area contributed by atoms with Crippen LogP contribution in [-0.2, 0) is 22.7 Å². The van der Waals surface area contributed by atoms with E-state index in [4.69, 9.17) is 9.47 Å². The highest BCUT2D eigenvalue weighted by atomic mass is 32.2. The quantitative estimate of drug-likeness (QED) is 0.363. The number of methoxy groups -OCH3 is 1. The second kappa shape index (κ2) is 10.6. The number of amides is 1. The number of ether oxygens (including phenoxy) is 2. The standard InChI is InChI=1S/C22H26N4O4S2/c1-6-26-18(11-30-16-8-13(2)7-14(3)9-16)24-25-22(26)31-12-19(27)23-20-17(21(28)29-5)10-15(4)32-20/h7-10H,6,11-12H2,1-5H3,(H,23,27). The van der Waals surface area contributed by atoms with Crippen molar-refractivity contribution in [1.29, 1.82) is 0 Å². The molecule has 1 N–H and O–H groups in total. The molecule has 0 atom stereocenters. The third kappa shape index (κ3) is 5.89. The Morgan fingerprint density at radius 2 is 1.84 bits per heavy atom. The summed E-state index contributed by atoms with van der Waals surface area (Å²) >= 11 is 2.62. The van der Waals surface area contributed by atoms with E-state index in [9.17, 15) is 9.59 Å². The smallest absolute Gasteiger partial charge is 0.340 e. The van der Waals surface area contributed by atoms with Crippen LogP contribution < -0.4 is 10.1 Å². The number of thioether (sulfide) groups is 1. The predicted octanol–water partition coefficient (Wildman–Crippen LogP) is 4.38. The summed E-state index contributed by atoms with van der Waals surface area (Å²) in [6.45, 7) is 8.85. The van der Waals surface area contributed by atoms with E-state index in [1.165, 1.54) is 30.2 Å². The van der Waals surface area contributed by atoms with Gasteiger partial charge in [0.2, 0.25) is 5.91 Å². The Kier molecular flexibility index (Phi) is 7.92. The summed E-state index contributed by atoms with van der Waals surface area (Å²) in [4.78, 5) is 25.3. The molecule has 0 saturated carbocycles. The second-order valence-corrected chi connectivity index (χ2v) is 9.38. The minimum absolute atomic E-state index is 0.133. The number of benzene rings is 1. The van der Waals surface area contributed by atoms with Gasteiger partial charge in [0, 0.05) is 11.4 Å². The maximum atomic E-state index is 12.5. The van der Waals surface area contributed by atoms with E-state index in [0.717, 1.165) is 21.8 Å². The number of thiophene rings is 1. The average molecular weight is 475 g/mol. The van der Waals surface area contributed by atoms with Crippen LogP contribution in [0.15, 0.2) is 29.4 Å². The summed E-state index contributed by atoms with van der Waals surface area (Å²) in [7, 11) is 1.32. The van der Waals surface area contributed by atoms with Crippen molar-refractivity contribution in [3.05, 3.63) is 51.7 Å². The lowest BCUT2D eigenvalue weighted by molar-refractivity contribution is -0.113. The molecule has 0 unspecified atom stereocenters. The van der Waals surface area contributed by atoms with E-state index in [-0.39, 0.29) is 18.3 Å². The number of carbonyl (C=O) groups is 2. The van der Waals surface area contributed by atoms with Gasteiger partial charge >= 0.3 is 5.97 Å². The highest BCUT2D eigenvalue weighted by Crippen LogP contribution is 2.29. The molecule has 2 heterocycles. The number of rotatable bonds is 9. The minimum atomic E-state index is -0.475. The molecule has 1 aromatic carbocycles. The number of aromatic nitrogens is 3. The zero-order valence-corrected chi connectivity index (χ0v) is 20.4. The van der Waals surface area contributed by atoms with E-state index < -0.39 is 5.97 Å². The van der Waals surface area contributed by atoms with Crippen molar-refractivity contribution in [1.82, 2.24) is 14.8 Å². The Morgan fingerprint density at radius 3 is 2.50 bits per heavy atom. The van der Waals surface area contributed by atoms with Crippen molar-refractivity contribution in [3.8, 4) is 5.75 Å². The van der Waals surface area contributed by atoms with Gasteiger partial charge in [-0.2, -0.15) is 0 Å². The van der Waals surface area contributed by atoms with Gasteiger partial charge in [0.1, 0.15) is 17.4 Å². The van der Waals surface area contributed by atoms with Crippen molar-refractivity contribution < 1.29 is 19.1 Å². The van der Waals surface area contributed by atoms with Crippen LogP contribution in [0, 0.1) is 20.8 Å². The lowest BCUT2D eigenvalue weighted by Crippen LogP contribution is -2.16. The largest absolute Gasteiger partial charge is 0.486 e. The van der Waals surface area contributed by atoms with E-state index in [1.807, 2.05) is 44.4 Å². The van der Waals surface area contributed by atoms with E-state index in [1.54, 1.807) is 6.07 Å². The maximum absolute atomic E-state index is 12.5. The molecule has 2 aromatic heterocycles. The number of nitrogens with one attached hydrogen (secondary N) is 1. The van der Waals surface area contributed by atoms with Crippen LogP contribution in [0.25, 0.3) is 0 Å². The van der Waals surface area contributed by atoms with Crippen LogP contribution >= 0.6 is 23.1 Å². The van der Waals surface area contributed by atoms with Gasteiger partial charge in [-0.1, -0.05) is 17.8 Å². The van der Waals surface area contributed by atoms with Crippen LogP contribution in [0.2, 0.25) is 0 Å². The molecule has 0 aliphatic rings. The first kappa shape index (κ1) is 23.8. The zero-order chi connectivity index (χ0) is 23.3. The Bertz CT molecular complexity index is 1100. The topological polar surface area (TPSA) is 95.3 Å². The predicted molar refractivity (Wildman–Crippen MR) is 126 cm³/mol. The molecule has 8 nitrogen and oxygen atoms in total. The van der Waals surface area contributed by atoms with Crippen LogP contribution in [0.1, 0.15) is 39.1 Å². The van der Waals surface area contributed by atoms with Crippen molar-refractivity contribution in [2.24, 2.45) is 0 Å². The first-order valence-corrected chi connectivity index (χ1v) is 11.9. The third-order valence-corrected chi connectivity index (χ3v) is 6.45. The minimum Gasteiger partial charge on any atom is -0.486 e. The Balaban J connectivity index is 1.61. The maximum Gasteiger partial charge on any atom is 0.340 e. The number of hydrogen-bond donors (Lipinski definition) is 1. The Hall–Kier alpha value is -2.85. The SMILES string of the molecule is CCn1c(COc2cc(C)cc(C)c2)nnc1SCC(=O)Nc1sc(C)cc1C(=O)OC. The molecule has 32 heavy (non-hydrogen) atoms. The van der Waals surface area contributed by atoms with Gasteiger partial charge in [-0.15, -0.1) is 21.5 Å². The number of carbonyl (C=O) groups excluding carboxylic acids is 2. The molecular formula is C22H26N4O4S2. The molecule has 3 aromatic rings. The van der Waals surface area contributed by atoms with Crippen LogP contribution in [0.4, 0.5) is 5.00 Å². The van der Waals surface area contributed by atoms with Gasteiger partial charge < -0.3 is 19.4 Å². The molecule has 170 valence electrons. The summed E-state index contributed by atoms with van der Waals surface area (Å²) in [6, 6.07) is 7.75. The van der Waals surface area contributed by atoms with Gasteiger partial charge in [0.25, 0.3) is 0 Å². The molecule has 1 amide bonds. The summed E-state index contributed by atoms with van der Waals surface area (Å²) in [5.74, 6) is 0.899. The third-order valence-electron chi connectivity index (χ3n) is 4.52. The fraction of sp³-hybridized carbons (Fsp3) is 0.364. The second-order valence-electron chi connectivity index (χ2n) is 7.18. The molecule has 0 aliphatic carbocycles. The summed E-state index contributed by atoms with van der Waals surface area (Å²) < 4.78 is 12.6. The summed E-state index contributed by atoms with van der Waals surface area (Å²) in [5, 5.41) is 12.4. The van der Waals surface area contributed by atoms with Gasteiger partial charge in [-0.25, -0.2) is 4.79 Å². The van der Waals surface area contributed by atoms with Gasteiger partial charge in [0.05, 0.1) is 18.4 Å². The van der Waals surface area contributed by atoms with Gasteiger partial charge in [0.15, 0.2) is 11.0 Å². The van der Waals surface area contributed by atoms with Crippen LogP contribution in [0.5, 0.6) is 5.75 Å². The fourth-order valence-electron chi connectivity index (χ4n) is 3.18. The van der Waals surface area contributed by atoms with Crippen molar-refractivity contribution in [2.75, 3.05) is 18.2 Å². The summed E-state index contributed by atoms with van der Waals surface area (Å²) in [6.07, 6.45) is 0. The molecule has 0 aliphatic heterocycles. The number of esters is 1. The van der Waals surface area contributed by atoms with Crippen molar-refractivity contribution >= 4 is 40.0 Å². The average Bonchev–Trinajstić information content (AvgIpc) is 3.31. The molecule has 0 radical (unpaired) electrons. The molecule has 10 heteroatoms. The first-order valence-electron chi connectivity index (χ1n) is 10.0. The lowest BCUT2D eigenvalue weighted by atomic mass is 10.1. The molecule has 0 saturated heterocycles. The zero-order valence-electron chi connectivity index (χ0n) is 18.7. The number of aryl methyl sites for hydroxylation is 3. The van der Waals surface area contributed by atoms with Crippen LogP contribution in [-0.4, -0.2) is 39.5 Å². The monoisotopic (exact) mass is 474 g/mol. The lowest BCUT2D eigenvalue weighted by Gasteiger charge is -2.10. The number of hydrogen-bond acceptors (Lipinski definition) is 8. The molecule has 3 rings (SSSR count). The highest BCUT2D eigenvalue weighted by molar-refractivity contribution is 7.99. The first-order chi connectivity index (χ1) is 15.3. The van der Waals surface area contributed by atoms with Crippen molar-refractivity contribution in [2.45, 2.75) is 46.0 Å².